The molecule has 1 N–H and O–H groups in total. The summed E-state index contributed by atoms with van der Waals surface area (Å²) in [5.74, 6) is 0. The maximum atomic E-state index is 6.44. The van der Waals surface area contributed by atoms with Gasteiger partial charge in [0.1, 0.15) is 5.60 Å². The second kappa shape index (κ2) is 6.06. The molecule has 2 aliphatic heterocycles. The van der Waals surface area contributed by atoms with Crippen molar-refractivity contribution in [2.24, 2.45) is 0 Å². The molecule has 0 saturated carbocycles. The summed E-state index contributed by atoms with van der Waals surface area (Å²) in [6.07, 6.45) is 2.83. The molecule has 1 aromatic carbocycles. The third-order valence-corrected chi connectivity index (χ3v) is 7.17. The first-order chi connectivity index (χ1) is 12.5. The van der Waals surface area contributed by atoms with Gasteiger partial charge in [-0.15, -0.1) is 11.3 Å². The number of ether oxygens (including phenoxy) is 1. The van der Waals surface area contributed by atoms with Gasteiger partial charge in [0.2, 0.25) is 0 Å². The van der Waals surface area contributed by atoms with Crippen LogP contribution in [0.25, 0.3) is 11.0 Å². The molecule has 0 aliphatic carbocycles. The number of aromatic nitrogens is 1. The van der Waals surface area contributed by atoms with E-state index in [2.05, 4.69) is 41.7 Å². The largest absolute Gasteiger partial charge is 0.369 e. The molecule has 2 aromatic heterocycles. The Labute approximate surface area is 161 Å². The van der Waals surface area contributed by atoms with Gasteiger partial charge in [-0.1, -0.05) is 22.8 Å². The van der Waals surface area contributed by atoms with Gasteiger partial charge in [0.05, 0.1) is 16.6 Å². The highest BCUT2D eigenvalue weighted by atomic mass is 35.5. The third-order valence-electron chi connectivity index (χ3n) is 5.68. The zero-order chi connectivity index (χ0) is 17.9. The van der Waals surface area contributed by atoms with Gasteiger partial charge >= 0.3 is 0 Å². The number of halogens is 1. The Kier molecular flexibility index (Phi) is 3.90. The van der Waals surface area contributed by atoms with Crippen molar-refractivity contribution in [3.63, 3.8) is 0 Å². The minimum Gasteiger partial charge on any atom is -0.369 e. The van der Waals surface area contributed by atoms with Crippen LogP contribution in [0.4, 0.5) is 0 Å². The molecule has 2 aliphatic rings. The molecule has 26 heavy (non-hydrogen) atoms. The number of hydrogen-bond acceptors (Lipinski definition) is 5. The van der Waals surface area contributed by atoms with Crippen LogP contribution in [0.3, 0.4) is 0 Å². The number of fused-ring (bicyclic) bond motifs is 3. The molecule has 3 unspecified atom stereocenters. The van der Waals surface area contributed by atoms with Crippen molar-refractivity contribution in [2.75, 3.05) is 6.61 Å². The first-order valence-electron chi connectivity index (χ1n) is 9.09. The van der Waals surface area contributed by atoms with Crippen molar-refractivity contribution < 1.29 is 9.26 Å². The van der Waals surface area contributed by atoms with E-state index in [-0.39, 0.29) is 11.6 Å². The maximum absolute atomic E-state index is 6.44. The lowest BCUT2D eigenvalue weighted by Gasteiger charge is -2.46. The molecule has 0 radical (unpaired) electrons. The highest BCUT2D eigenvalue weighted by molar-refractivity contribution is 7.16. The fraction of sp³-hybridized carbons (Fsp3) is 0.450. The molecule has 136 valence electrons. The molecule has 4 nitrogen and oxygen atoms in total. The van der Waals surface area contributed by atoms with Crippen LogP contribution in [0.5, 0.6) is 0 Å². The monoisotopic (exact) mass is 388 g/mol. The molecular formula is C20H21ClN2O2S. The van der Waals surface area contributed by atoms with E-state index in [1.165, 1.54) is 16.0 Å². The summed E-state index contributed by atoms with van der Waals surface area (Å²) in [6.45, 7) is 4.97. The van der Waals surface area contributed by atoms with E-state index in [9.17, 15) is 0 Å². The predicted molar refractivity (Wildman–Crippen MR) is 104 cm³/mol. The summed E-state index contributed by atoms with van der Waals surface area (Å²) in [4.78, 5) is 1.32. The molecule has 1 fully saturated rings. The van der Waals surface area contributed by atoms with E-state index in [0.29, 0.717) is 6.04 Å². The molecule has 6 heteroatoms. The van der Waals surface area contributed by atoms with Crippen LogP contribution in [0, 0.1) is 6.92 Å². The lowest BCUT2D eigenvalue weighted by atomic mass is 9.78. The fourth-order valence-corrected chi connectivity index (χ4v) is 6.03. The molecular weight excluding hydrogens is 368 g/mol. The average Bonchev–Trinajstić information content (AvgIpc) is 3.18. The van der Waals surface area contributed by atoms with Crippen molar-refractivity contribution in [1.29, 1.82) is 0 Å². The van der Waals surface area contributed by atoms with E-state index in [1.807, 2.05) is 6.92 Å². The fourth-order valence-electron chi connectivity index (χ4n) is 4.57. The molecule has 0 amide bonds. The molecule has 5 rings (SSSR count). The van der Waals surface area contributed by atoms with Crippen LogP contribution >= 0.6 is 22.9 Å². The third kappa shape index (κ3) is 2.61. The van der Waals surface area contributed by atoms with Crippen LogP contribution in [-0.2, 0) is 16.8 Å². The van der Waals surface area contributed by atoms with Gasteiger partial charge in [-0.05, 0) is 56.0 Å². The van der Waals surface area contributed by atoms with Gasteiger partial charge in [0, 0.05) is 28.8 Å². The number of nitrogens with one attached hydrogen (secondary N) is 1. The van der Waals surface area contributed by atoms with Crippen molar-refractivity contribution >= 4 is 33.9 Å². The van der Waals surface area contributed by atoms with E-state index < -0.39 is 0 Å². The van der Waals surface area contributed by atoms with Crippen LogP contribution in [0.1, 0.15) is 47.5 Å². The van der Waals surface area contributed by atoms with E-state index in [0.717, 1.165) is 46.9 Å². The molecule has 1 spiro atoms. The molecule has 0 bridgehead atoms. The van der Waals surface area contributed by atoms with Gasteiger partial charge in [-0.2, -0.15) is 0 Å². The minimum atomic E-state index is -0.243. The Bertz CT molecular complexity index is 982. The lowest BCUT2D eigenvalue weighted by Crippen LogP contribution is -2.49. The molecule has 3 atom stereocenters. The molecule has 3 aromatic rings. The first-order valence-corrected chi connectivity index (χ1v) is 10.3. The van der Waals surface area contributed by atoms with E-state index >= 15 is 0 Å². The Morgan fingerprint density at radius 1 is 1.31 bits per heavy atom. The zero-order valence-electron chi connectivity index (χ0n) is 14.8. The van der Waals surface area contributed by atoms with Crippen LogP contribution in [0.2, 0.25) is 4.34 Å². The van der Waals surface area contributed by atoms with Crippen molar-refractivity contribution in [3.8, 4) is 0 Å². The summed E-state index contributed by atoms with van der Waals surface area (Å²) in [5.41, 5.74) is 4.12. The van der Waals surface area contributed by atoms with Gasteiger partial charge < -0.3 is 14.6 Å². The minimum absolute atomic E-state index is 0.209. The van der Waals surface area contributed by atoms with Crippen LogP contribution < -0.4 is 5.32 Å². The van der Waals surface area contributed by atoms with Gasteiger partial charge in [-0.3, -0.25) is 0 Å². The zero-order valence-corrected chi connectivity index (χ0v) is 16.4. The van der Waals surface area contributed by atoms with E-state index in [1.54, 1.807) is 11.3 Å². The van der Waals surface area contributed by atoms with Crippen LogP contribution in [0.15, 0.2) is 28.8 Å². The smallest absolute Gasteiger partial charge is 0.167 e. The number of thiophene rings is 1. The second-order valence-electron chi connectivity index (χ2n) is 7.55. The Balaban J connectivity index is 1.54. The highest BCUT2D eigenvalue weighted by Crippen LogP contribution is 2.50. The number of hydrogen-bond donors (Lipinski definition) is 1. The number of piperidine rings is 1. The molecule has 1 saturated heterocycles. The average molecular weight is 389 g/mol. The Morgan fingerprint density at radius 3 is 3.08 bits per heavy atom. The number of nitrogens with zero attached hydrogens (tertiary/aromatic N) is 1. The lowest BCUT2D eigenvalue weighted by molar-refractivity contribution is -0.0954. The van der Waals surface area contributed by atoms with Crippen LogP contribution in [-0.4, -0.2) is 17.8 Å². The standard InChI is InChI=1S/C20H21ClN2O2S/c1-11-9-20(19-14(5-6-24-20)8-18(21)26-19)10-16(22-11)13-3-4-15-12(2)23-25-17(15)7-13/h3-4,7-8,11,16,22H,5-6,9-10H2,1-2H3. The number of benzene rings is 1. The quantitative estimate of drug-likeness (QED) is 0.627. The summed E-state index contributed by atoms with van der Waals surface area (Å²) in [5, 5.41) is 8.90. The van der Waals surface area contributed by atoms with E-state index in [4.69, 9.17) is 20.9 Å². The summed E-state index contributed by atoms with van der Waals surface area (Å²) in [6, 6.07) is 9.09. The van der Waals surface area contributed by atoms with Crippen molar-refractivity contribution in [2.45, 2.75) is 50.8 Å². The second-order valence-corrected chi connectivity index (χ2v) is 9.23. The first kappa shape index (κ1) is 16.8. The summed E-state index contributed by atoms with van der Waals surface area (Å²) >= 11 is 8.02. The Hall–Kier alpha value is -1.40. The van der Waals surface area contributed by atoms with Gasteiger partial charge in [0.25, 0.3) is 0 Å². The van der Waals surface area contributed by atoms with Crippen molar-refractivity contribution in [1.82, 2.24) is 10.5 Å². The van der Waals surface area contributed by atoms with Crippen molar-refractivity contribution in [3.05, 3.63) is 50.3 Å². The van der Waals surface area contributed by atoms with Gasteiger partial charge in [0.15, 0.2) is 5.58 Å². The topological polar surface area (TPSA) is 47.3 Å². The number of aryl methyl sites for hydroxylation is 1. The summed E-state index contributed by atoms with van der Waals surface area (Å²) < 4.78 is 12.8. The highest BCUT2D eigenvalue weighted by Gasteiger charge is 2.46. The maximum Gasteiger partial charge on any atom is 0.167 e. The Morgan fingerprint density at radius 2 is 2.19 bits per heavy atom. The SMILES string of the molecule is Cc1noc2cc(C3CC4(CC(C)N3)OCCc3cc(Cl)sc34)ccc12. The molecule has 4 heterocycles. The van der Waals surface area contributed by atoms with Gasteiger partial charge in [-0.25, -0.2) is 0 Å². The number of rotatable bonds is 1. The summed E-state index contributed by atoms with van der Waals surface area (Å²) in [7, 11) is 0. The normalized spacial score (nSPS) is 28.6. The predicted octanol–water partition coefficient (Wildman–Crippen LogP) is 5.13.